The molecule has 1 saturated heterocycles. The maximum Gasteiger partial charge on any atom is 0.257 e. The lowest BCUT2D eigenvalue weighted by Crippen LogP contribution is -2.42. The standard InChI is InChI=1S/C28H33N5O2/c1-5-32-12-11-22(18-32)33(6-2)28(34)24-17-30-25-9-7-20(15-29)14-23(25)27(24)31-16-21-8-10-26(35-4)19(3)13-21/h7-10,13-14,17,22H,5-6,11-12,16,18H2,1-4H3,(H,30,31). The third-order valence-corrected chi connectivity index (χ3v) is 6.89. The number of benzene rings is 2. The summed E-state index contributed by atoms with van der Waals surface area (Å²) < 4.78 is 5.39. The molecule has 0 radical (unpaired) electrons. The number of carbonyl (C=O) groups is 1. The van der Waals surface area contributed by atoms with E-state index in [-0.39, 0.29) is 11.9 Å². The van der Waals surface area contributed by atoms with Gasteiger partial charge in [-0.25, -0.2) is 0 Å². The summed E-state index contributed by atoms with van der Waals surface area (Å²) in [5, 5.41) is 13.8. The fourth-order valence-electron chi connectivity index (χ4n) is 4.93. The van der Waals surface area contributed by atoms with Gasteiger partial charge in [0, 0.05) is 43.8 Å². The summed E-state index contributed by atoms with van der Waals surface area (Å²) in [6, 6.07) is 13.8. The van der Waals surface area contributed by atoms with E-state index in [1.54, 1.807) is 19.4 Å². The summed E-state index contributed by atoms with van der Waals surface area (Å²) in [5.41, 5.74) is 4.66. The highest BCUT2D eigenvalue weighted by atomic mass is 16.5. The first-order valence-electron chi connectivity index (χ1n) is 12.2. The van der Waals surface area contributed by atoms with Crippen molar-refractivity contribution < 1.29 is 9.53 Å². The number of ether oxygens (including phenoxy) is 1. The van der Waals surface area contributed by atoms with Crippen molar-refractivity contribution in [2.45, 2.75) is 39.8 Å². The highest BCUT2D eigenvalue weighted by molar-refractivity contribution is 6.07. The van der Waals surface area contributed by atoms with E-state index >= 15 is 0 Å². The fourth-order valence-corrected chi connectivity index (χ4v) is 4.93. The zero-order valence-corrected chi connectivity index (χ0v) is 21.0. The predicted octanol–water partition coefficient (Wildman–Crippen LogP) is 4.59. The minimum atomic E-state index is -0.0272. The average molecular weight is 472 g/mol. The number of nitriles is 1. The van der Waals surface area contributed by atoms with Crippen LogP contribution in [0.5, 0.6) is 5.75 Å². The second-order valence-corrected chi connectivity index (χ2v) is 8.98. The number of methoxy groups -OCH3 is 1. The van der Waals surface area contributed by atoms with Gasteiger partial charge in [-0.15, -0.1) is 0 Å². The number of rotatable bonds is 8. The Bertz CT molecular complexity index is 1270. The molecule has 182 valence electrons. The van der Waals surface area contributed by atoms with E-state index in [2.05, 4.69) is 34.3 Å². The number of aromatic nitrogens is 1. The van der Waals surface area contributed by atoms with Crippen LogP contribution >= 0.6 is 0 Å². The van der Waals surface area contributed by atoms with Gasteiger partial charge in [-0.1, -0.05) is 19.1 Å². The number of hydrogen-bond acceptors (Lipinski definition) is 6. The van der Waals surface area contributed by atoms with Gasteiger partial charge in [-0.05, 0) is 62.2 Å². The smallest absolute Gasteiger partial charge is 0.257 e. The average Bonchev–Trinajstić information content (AvgIpc) is 3.36. The molecule has 1 amide bonds. The maximum absolute atomic E-state index is 13.9. The molecule has 7 heteroatoms. The Balaban J connectivity index is 1.72. The number of nitrogens with one attached hydrogen (secondary N) is 1. The van der Waals surface area contributed by atoms with Gasteiger partial charge in [0.1, 0.15) is 5.75 Å². The molecule has 1 unspecified atom stereocenters. The number of aryl methyl sites for hydroxylation is 1. The molecular formula is C28H33N5O2. The van der Waals surface area contributed by atoms with Gasteiger partial charge >= 0.3 is 0 Å². The molecule has 2 aromatic carbocycles. The SMILES string of the molecule is CCN1CCC(N(CC)C(=O)c2cnc3ccc(C#N)cc3c2NCc2ccc(OC)c(C)c2)C1. The quantitative estimate of drug-likeness (QED) is 0.517. The zero-order chi connectivity index (χ0) is 24.9. The number of carbonyl (C=O) groups excluding carboxylic acids is 1. The summed E-state index contributed by atoms with van der Waals surface area (Å²) in [7, 11) is 1.66. The molecule has 35 heavy (non-hydrogen) atoms. The topological polar surface area (TPSA) is 81.5 Å². The third kappa shape index (κ3) is 5.08. The molecule has 1 atom stereocenters. The Hall–Kier alpha value is -3.63. The zero-order valence-electron chi connectivity index (χ0n) is 21.0. The van der Waals surface area contributed by atoms with Crippen LogP contribution in [0.2, 0.25) is 0 Å². The first kappa shape index (κ1) is 24.5. The van der Waals surface area contributed by atoms with E-state index in [9.17, 15) is 10.1 Å². The van der Waals surface area contributed by atoms with Crippen molar-refractivity contribution in [1.29, 1.82) is 5.26 Å². The molecule has 4 rings (SSSR count). The van der Waals surface area contributed by atoms with Gasteiger partial charge in [0.05, 0.1) is 35.5 Å². The van der Waals surface area contributed by atoms with Crippen molar-refractivity contribution >= 4 is 22.5 Å². The highest BCUT2D eigenvalue weighted by Gasteiger charge is 2.31. The van der Waals surface area contributed by atoms with E-state index in [4.69, 9.17) is 4.74 Å². The summed E-state index contributed by atoms with van der Waals surface area (Å²) in [4.78, 5) is 22.8. The van der Waals surface area contributed by atoms with Gasteiger partial charge in [0.2, 0.25) is 0 Å². The Morgan fingerprint density at radius 3 is 2.77 bits per heavy atom. The fraction of sp³-hybridized carbons (Fsp3) is 0.393. The Morgan fingerprint density at radius 1 is 1.29 bits per heavy atom. The lowest BCUT2D eigenvalue weighted by Gasteiger charge is -2.29. The van der Waals surface area contributed by atoms with Crippen LogP contribution in [0.1, 0.15) is 47.3 Å². The molecule has 1 aromatic heterocycles. The number of likely N-dealkylation sites (tertiary alicyclic amines) is 1. The predicted molar refractivity (Wildman–Crippen MR) is 139 cm³/mol. The lowest BCUT2D eigenvalue weighted by molar-refractivity contribution is 0.0695. The molecule has 1 fully saturated rings. The minimum absolute atomic E-state index is 0.0272. The molecule has 1 N–H and O–H groups in total. The molecule has 0 spiro atoms. The molecule has 2 heterocycles. The number of fused-ring (bicyclic) bond motifs is 1. The second kappa shape index (κ2) is 10.7. The number of nitrogens with zero attached hydrogens (tertiary/aromatic N) is 4. The molecule has 7 nitrogen and oxygen atoms in total. The van der Waals surface area contributed by atoms with Crippen molar-refractivity contribution in [3.05, 3.63) is 64.8 Å². The number of hydrogen-bond donors (Lipinski definition) is 1. The van der Waals surface area contributed by atoms with Gasteiger partial charge in [0.25, 0.3) is 5.91 Å². The van der Waals surface area contributed by atoms with Crippen molar-refractivity contribution in [3.63, 3.8) is 0 Å². The monoisotopic (exact) mass is 471 g/mol. The summed E-state index contributed by atoms with van der Waals surface area (Å²) >= 11 is 0. The summed E-state index contributed by atoms with van der Waals surface area (Å²) in [5.74, 6) is 0.814. The molecule has 0 saturated carbocycles. The minimum Gasteiger partial charge on any atom is -0.496 e. The summed E-state index contributed by atoms with van der Waals surface area (Å²) in [6.07, 6.45) is 2.65. The largest absolute Gasteiger partial charge is 0.496 e. The first-order chi connectivity index (χ1) is 17.0. The molecule has 0 bridgehead atoms. The summed E-state index contributed by atoms with van der Waals surface area (Å²) in [6.45, 7) is 10.3. The third-order valence-electron chi connectivity index (χ3n) is 6.89. The van der Waals surface area contributed by atoms with E-state index in [0.29, 0.717) is 24.2 Å². The maximum atomic E-state index is 13.9. The molecular weight excluding hydrogens is 438 g/mol. The van der Waals surface area contributed by atoms with Crippen LogP contribution in [-0.2, 0) is 6.54 Å². The van der Waals surface area contributed by atoms with Crippen LogP contribution in [-0.4, -0.2) is 60.0 Å². The van der Waals surface area contributed by atoms with Crippen LogP contribution < -0.4 is 10.1 Å². The molecule has 1 aliphatic heterocycles. The van der Waals surface area contributed by atoms with Gasteiger partial charge in [-0.3, -0.25) is 9.78 Å². The molecule has 0 aliphatic carbocycles. The number of anilines is 1. The second-order valence-electron chi connectivity index (χ2n) is 8.98. The van der Waals surface area contributed by atoms with Gasteiger partial charge in [0.15, 0.2) is 0 Å². The van der Waals surface area contributed by atoms with Crippen molar-refractivity contribution in [2.75, 3.05) is 38.6 Å². The van der Waals surface area contributed by atoms with Crippen molar-refractivity contribution in [2.24, 2.45) is 0 Å². The van der Waals surface area contributed by atoms with Crippen LogP contribution in [0, 0.1) is 18.3 Å². The van der Waals surface area contributed by atoms with Crippen molar-refractivity contribution in [3.8, 4) is 11.8 Å². The number of amides is 1. The number of pyridine rings is 1. The normalized spacial score (nSPS) is 15.7. The Morgan fingerprint density at radius 2 is 2.11 bits per heavy atom. The van der Waals surface area contributed by atoms with E-state index in [1.165, 1.54) is 0 Å². The van der Waals surface area contributed by atoms with Crippen LogP contribution in [0.3, 0.4) is 0 Å². The van der Waals surface area contributed by atoms with Crippen LogP contribution in [0.15, 0.2) is 42.6 Å². The Kier molecular flexibility index (Phi) is 7.52. The first-order valence-corrected chi connectivity index (χ1v) is 12.2. The highest BCUT2D eigenvalue weighted by Crippen LogP contribution is 2.30. The lowest BCUT2D eigenvalue weighted by atomic mass is 10.0. The molecule has 1 aliphatic rings. The van der Waals surface area contributed by atoms with Crippen molar-refractivity contribution in [1.82, 2.24) is 14.8 Å². The Labute approximate surface area is 207 Å². The number of likely N-dealkylation sites (N-methyl/N-ethyl adjacent to an activating group) is 2. The van der Waals surface area contributed by atoms with E-state index in [0.717, 1.165) is 59.5 Å². The van der Waals surface area contributed by atoms with Crippen LogP contribution in [0.4, 0.5) is 5.69 Å². The van der Waals surface area contributed by atoms with E-state index < -0.39 is 0 Å². The van der Waals surface area contributed by atoms with Gasteiger partial charge < -0.3 is 19.9 Å². The van der Waals surface area contributed by atoms with Crippen LogP contribution in [0.25, 0.3) is 10.9 Å². The van der Waals surface area contributed by atoms with Gasteiger partial charge in [-0.2, -0.15) is 5.26 Å². The molecule has 3 aromatic rings. The van der Waals surface area contributed by atoms with E-state index in [1.807, 2.05) is 43.0 Å².